The van der Waals surface area contributed by atoms with Gasteiger partial charge in [0.15, 0.2) is 5.76 Å². The van der Waals surface area contributed by atoms with Crippen molar-refractivity contribution in [2.45, 2.75) is 6.92 Å². The average Bonchev–Trinajstić information content (AvgIpc) is 2.62. The Morgan fingerprint density at radius 1 is 1.67 bits per heavy atom. The number of nitrogens with two attached hydrogens (primary N) is 1. The maximum Gasteiger partial charge on any atom is 0.287 e. The monoisotopic (exact) mass is 206 g/mol. The van der Waals surface area contributed by atoms with Gasteiger partial charge in [-0.3, -0.25) is 4.79 Å². The molecule has 15 heavy (non-hydrogen) atoms. The molecule has 0 aromatic carbocycles. The summed E-state index contributed by atoms with van der Waals surface area (Å²) in [5.41, 5.74) is 5.91. The molecule has 3 N–H and O–H groups in total. The van der Waals surface area contributed by atoms with Gasteiger partial charge in [-0.1, -0.05) is 6.58 Å². The minimum absolute atomic E-state index is 0.255. The van der Waals surface area contributed by atoms with E-state index in [0.717, 1.165) is 5.57 Å². The highest BCUT2D eigenvalue weighted by atomic mass is 16.3. The van der Waals surface area contributed by atoms with Crippen LogP contribution in [-0.4, -0.2) is 12.5 Å². The summed E-state index contributed by atoms with van der Waals surface area (Å²) in [6.45, 7) is 5.84. The largest absolute Gasteiger partial charge is 0.456 e. The van der Waals surface area contributed by atoms with Crippen LogP contribution < -0.4 is 11.1 Å². The Labute approximate surface area is 88.5 Å². The summed E-state index contributed by atoms with van der Waals surface area (Å²) in [6, 6.07) is 3.37. The topological polar surface area (TPSA) is 68.3 Å². The number of nitrogens with one attached hydrogen (secondary N) is 1. The predicted molar refractivity (Wildman–Crippen MR) is 58.2 cm³/mol. The molecule has 1 aromatic rings. The van der Waals surface area contributed by atoms with Crippen molar-refractivity contribution in [3.63, 3.8) is 0 Å². The second-order valence-electron chi connectivity index (χ2n) is 3.11. The number of hydrogen-bond donors (Lipinski definition) is 2. The van der Waals surface area contributed by atoms with Gasteiger partial charge < -0.3 is 15.5 Å². The van der Waals surface area contributed by atoms with Crippen molar-refractivity contribution in [2.24, 2.45) is 5.73 Å². The first-order chi connectivity index (χ1) is 7.13. The second-order valence-corrected chi connectivity index (χ2v) is 3.11. The summed E-state index contributed by atoms with van der Waals surface area (Å²) < 4.78 is 5.15. The molecule has 1 aromatic heterocycles. The number of rotatable bonds is 4. The highest BCUT2D eigenvalue weighted by Gasteiger charge is 2.08. The molecule has 80 valence electrons. The molecule has 0 radical (unpaired) electrons. The van der Waals surface area contributed by atoms with E-state index in [4.69, 9.17) is 10.2 Å². The first-order valence-corrected chi connectivity index (χ1v) is 4.54. The average molecular weight is 206 g/mol. The number of carbonyl (C=O) groups excluding carboxylic acids is 1. The van der Waals surface area contributed by atoms with Crippen molar-refractivity contribution < 1.29 is 9.21 Å². The van der Waals surface area contributed by atoms with E-state index in [1.807, 2.05) is 0 Å². The molecule has 1 amide bonds. The van der Waals surface area contributed by atoms with Crippen LogP contribution >= 0.6 is 0 Å². The lowest BCUT2D eigenvalue weighted by Crippen LogP contribution is -2.24. The summed E-state index contributed by atoms with van der Waals surface area (Å²) in [6.07, 6.45) is 3.01. The Kier molecular flexibility index (Phi) is 3.74. The standard InChI is InChI=1S/C11H14N2O2/c1-8(5-6-12)7-13-11(14)10-4-3-9(2)15-10/h3-6H,1,7,12H2,2H3,(H,13,14)/b6-5-. The first-order valence-electron chi connectivity index (χ1n) is 4.54. The summed E-state index contributed by atoms with van der Waals surface area (Å²) in [5, 5.41) is 2.66. The molecule has 4 nitrogen and oxygen atoms in total. The number of hydrogen-bond acceptors (Lipinski definition) is 3. The van der Waals surface area contributed by atoms with Gasteiger partial charge in [-0.25, -0.2) is 0 Å². The highest BCUT2D eigenvalue weighted by molar-refractivity contribution is 5.91. The fourth-order valence-electron chi connectivity index (χ4n) is 1.03. The van der Waals surface area contributed by atoms with E-state index >= 15 is 0 Å². The van der Waals surface area contributed by atoms with Crippen LogP contribution in [0.25, 0.3) is 0 Å². The lowest BCUT2D eigenvalue weighted by atomic mass is 10.3. The number of carbonyl (C=O) groups is 1. The minimum Gasteiger partial charge on any atom is -0.456 e. The summed E-state index contributed by atoms with van der Waals surface area (Å²) >= 11 is 0. The Morgan fingerprint density at radius 3 is 2.93 bits per heavy atom. The number of furan rings is 1. The lowest BCUT2D eigenvalue weighted by Gasteiger charge is -2.02. The highest BCUT2D eigenvalue weighted by Crippen LogP contribution is 2.05. The summed E-state index contributed by atoms with van der Waals surface area (Å²) in [7, 11) is 0. The van der Waals surface area contributed by atoms with Crippen molar-refractivity contribution in [2.75, 3.05) is 6.54 Å². The van der Waals surface area contributed by atoms with Gasteiger partial charge >= 0.3 is 0 Å². The molecule has 0 aliphatic carbocycles. The predicted octanol–water partition coefficient (Wildman–Crippen LogP) is 1.35. The van der Waals surface area contributed by atoms with Crippen molar-refractivity contribution in [1.29, 1.82) is 0 Å². The van der Waals surface area contributed by atoms with Gasteiger partial charge in [0.05, 0.1) is 0 Å². The van der Waals surface area contributed by atoms with Crippen molar-refractivity contribution >= 4 is 5.91 Å². The minimum atomic E-state index is -0.255. The van der Waals surface area contributed by atoms with Crippen LogP contribution in [-0.2, 0) is 0 Å². The summed E-state index contributed by atoms with van der Waals surface area (Å²) in [4.78, 5) is 11.5. The Morgan fingerprint density at radius 2 is 2.40 bits per heavy atom. The third-order valence-electron chi connectivity index (χ3n) is 1.77. The number of amides is 1. The van der Waals surface area contributed by atoms with Crippen LogP contribution in [0.4, 0.5) is 0 Å². The van der Waals surface area contributed by atoms with E-state index < -0.39 is 0 Å². The van der Waals surface area contributed by atoms with Gasteiger partial charge in [0.1, 0.15) is 5.76 Å². The van der Waals surface area contributed by atoms with E-state index in [2.05, 4.69) is 11.9 Å². The van der Waals surface area contributed by atoms with Gasteiger partial charge in [0.25, 0.3) is 5.91 Å². The molecule has 4 heteroatoms. The molecule has 0 unspecified atom stereocenters. The first kappa shape index (κ1) is 11.1. The smallest absolute Gasteiger partial charge is 0.287 e. The molecule has 0 atom stereocenters. The van der Waals surface area contributed by atoms with Crippen molar-refractivity contribution in [1.82, 2.24) is 5.32 Å². The van der Waals surface area contributed by atoms with Gasteiger partial charge in [-0.2, -0.15) is 0 Å². The molecular weight excluding hydrogens is 192 g/mol. The van der Waals surface area contributed by atoms with Gasteiger partial charge in [0.2, 0.25) is 0 Å². The van der Waals surface area contributed by atoms with E-state index in [9.17, 15) is 4.79 Å². The van der Waals surface area contributed by atoms with E-state index in [1.54, 1.807) is 25.1 Å². The third-order valence-corrected chi connectivity index (χ3v) is 1.77. The zero-order valence-electron chi connectivity index (χ0n) is 8.62. The molecule has 1 rings (SSSR count). The molecule has 0 fully saturated rings. The Hall–Kier alpha value is -1.97. The third kappa shape index (κ3) is 3.34. The molecule has 1 heterocycles. The number of aryl methyl sites for hydroxylation is 1. The fourth-order valence-corrected chi connectivity index (χ4v) is 1.03. The van der Waals surface area contributed by atoms with Crippen LogP contribution in [0.3, 0.4) is 0 Å². The second kappa shape index (κ2) is 5.05. The van der Waals surface area contributed by atoms with Gasteiger partial charge in [0, 0.05) is 6.54 Å². The van der Waals surface area contributed by atoms with Gasteiger partial charge in [-0.15, -0.1) is 0 Å². The summed E-state index contributed by atoms with van der Waals surface area (Å²) in [5.74, 6) is 0.757. The quantitative estimate of drug-likeness (QED) is 0.730. The van der Waals surface area contributed by atoms with Crippen LogP contribution in [0.15, 0.2) is 41.0 Å². The molecule has 0 spiro atoms. The normalized spacial score (nSPS) is 10.5. The Balaban J connectivity index is 2.47. The lowest BCUT2D eigenvalue weighted by molar-refractivity contribution is 0.0928. The SMILES string of the molecule is C=C(/C=C\N)CNC(=O)c1ccc(C)o1. The molecule has 0 aliphatic heterocycles. The van der Waals surface area contributed by atoms with Crippen LogP contribution in [0.1, 0.15) is 16.3 Å². The van der Waals surface area contributed by atoms with Gasteiger partial charge in [-0.05, 0) is 36.9 Å². The van der Waals surface area contributed by atoms with Crippen LogP contribution in [0.2, 0.25) is 0 Å². The van der Waals surface area contributed by atoms with E-state index in [0.29, 0.717) is 18.1 Å². The molecule has 0 bridgehead atoms. The molecule has 0 saturated carbocycles. The van der Waals surface area contributed by atoms with Crippen LogP contribution in [0, 0.1) is 6.92 Å². The zero-order valence-corrected chi connectivity index (χ0v) is 8.62. The zero-order chi connectivity index (χ0) is 11.3. The maximum absolute atomic E-state index is 11.5. The Bertz CT molecular complexity index is 391. The fraction of sp³-hybridized carbons (Fsp3) is 0.182. The molecule has 0 aliphatic rings. The van der Waals surface area contributed by atoms with E-state index in [-0.39, 0.29) is 5.91 Å². The molecular formula is C11H14N2O2. The van der Waals surface area contributed by atoms with Crippen molar-refractivity contribution in [3.05, 3.63) is 48.1 Å². The van der Waals surface area contributed by atoms with Crippen molar-refractivity contribution in [3.8, 4) is 0 Å². The van der Waals surface area contributed by atoms with E-state index in [1.165, 1.54) is 6.20 Å². The molecule has 0 saturated heterocycles. The van der Waals surface area contributed by atoms with Crippen LogP contribution in [0.5, 0.6) is 0 Å². The maximum atomic E-state index is 11.5.